The van der Waals surface area contributed by atoms with Gasteiger partial charge >= 0.3 is 0 Å². The average molecular weight is 344 g/mol. The van der Waals surface area contributed by atoms with Crippen molar-refractivity contribution in [1.82, 2.24) is 0 Å². The molecule has 0 amide bonds. The summed E-state index contributed by atoms with van der Waals surface area (Å²) in [6.07, 6.45) is 0. The van der Waals surface area contributed by atoms with E-state index in [9.17, 15) is 0 Å². The molecule has 0 bridgehead atoms. The van der Waals surface area contributed by atoms with Crippen molar-refractivity contribution >= 4 is 23.2 Å². The number of methoxy groups -OCH3 is 2. The van der Waals surface area contributed by atoms with Gasteiger partial charge in [0.1, 0.15) is 0 Å². The highest BCUT2D eigenvalue weighted by molar-refractivity contribution is 5.97. The largest absolute Gasteiger partial charge is 0.481 e. The number of rotatable bonds is 4. The SMILES string of the molecule is CO/C(=N\c1cccc(/N=C(\OC)c2ccccc2)c1)c1ccccc1. The van der Waals surface area contributed by atoms with Gasteiger partial charge in [-0.1, -0.05) is 42.5 Å². The molecular formula is C22H20N2O2. The van der Waals surface area contributed by atoms with E-state index in [0.717, 1.165) is 22.5 Å². The molecule has 3 aromatic rings. The van der Waals surface area contributed by atoms with E-state index in [0.29, 0.717) is 11.8 Å². The Kier molecular flexibility index (Phi) is 5.78. The van der Waals surface area contributed by atoms with Crippen LogP contribution in [0.15, 0.2) is 94.9 Å². The monoisotopic (exact) mass is 344 g/mol. The van der Waals surface area contributed by atoms with Crippen LogP contribution >= 0.6 is 0 Å². The predicted molar refractivity (Wildman–Crippen MR) is 106 cm³/mol. The summed E-state index contributed by atoms with van der Waals surface area (Å²) in [5, 5.41) is 0. The molecule has 0 aliphatic rings. The number of nitrogens with zero attached hydrogens (tertiary/aromatic N) is 2. The van der Waals surface area contributed by atoms with Crippen LogP contribution in [0.3, 0.4) is 0 Å². The quantitative estimate of drug-likeness (QED) is 0.486. The molecule has 4 nitrogen and oxygen atoms in total. The van der Waals surface area contributed by atoms with Crippen molar-refractivity contribution < 1.29 is 9.47 Å². The molecule has 4 heteroatoms. The second-order valence-corrected chi connectivity index (χ2v) is 5.49. The molecule has 0 atom stereocenters. The summed E-state index contributed by atoms with van der Waals surface area (Å²) in [6, 6.07) is 27.2. The molecular weight excluding hydrogens is 324 g/mol. The third-order valence-corrected chi connectivity index (χ3v) is 3.72. The topological polar surface area (TPSA) is 43.2 Å². The van der Waals surface area contributed by atoms with E-state index in [4.69, 9.17) is 9.47 Å². The Labute approximate surface area is 153 Å². The molecule has 0 saturated heterocycles. The maximum absolute atomic E-state index is 5.44. The van der Waals surface area contributed by atoms with Crippen molar-refractivity contribution in [3.8, 4) is 0 Å². The molecule has 0 saturated carbocycles. The van der Waals surface area contributed by atoms with Crippen LogP contribution in [0.2, 0.25) is 0 Å². The van der Waals surface area contributed by atoms with E-state index in [1.54, 1.807) is 14.2 Å². The van der Waals surface area contributed by atoms with Gasteiger partial charge in [0.15, 0.2) is 0 Å². The lowest BCUT2D eigenvalue weighted by molar-refractivity contribution is 0.405. The van der Waals surface area contributed by atoms with Crippen LogP contribution in [0.4, 0.5) is 11.4 Å². The third-order valence-electron chi connectivity index (χ3n) is 3.72. The van der Waals surface area contributed by atoms with Crippen LogP contribution in [0.5, 0.6) is 0 Å². The minimum Gasteiger partial charge on any atom is -0.481 e. The Morgan fingerprint density at radius 3 is 1.38 bits per heavy atom. The van der Waals surface area contributed by atoms with Crippen molar-refractivity contribution in [2.24, 2.45) is 9.98 Å². The Balaban J connectivity index is 1.93. The Bertz CT molecular complexity index is 831. The van der Waals surface area contributed by atoms with E-state index in [-0.39, 0.29) is 0 Å². The van der Waals surface area contributed by atoms with Crippen LogP contribution in [0, 0.1) is 0 Å². The fourth-order valence-corrected chi connectivity index (χ4v) is 2.48. The first-order valence-electron chi connectivity index (χ1n) is 8.26. The molecule has 0 N–H and O–H groups in total. The number of hydrogen-bond acceptors (Lipinski definition) is 4. The number of benzene rings is 3. The molecule has 0 aliphatic heterocycles. The van der Waals surface area contributed by atoms with Gasteiger partial charge in [-0.05, 0) is 42.5 Å². The molecule has 0 aliphatic carbocycles. The van der Waals surface area contributed by atoms with Crippen LogP contribution in [-0.2, 0) is 9.47 Å². The molecule has 26 heavy (non-hydrogen) atoms. The summed E-state index contributed by atoms with van der Waals surface area (Å²) in [5.74, 6) is 1.11. The number of ether oxygens (including phenoxy) is 2. The molecule has 0 fully saturated rings. The molecule has 0 spiro atoms. The lowest BCUT2D eigenvalue weighted by Crippen LogP contribution is -2.03. The fourth-order valence-electron chi connectivity index (χ4n) is 2.48. The van der Waals surface area contributed by atoms with Gasteiger partial charge in [-0.15, -0.1) is 0 Å². The van der Waals surface area contributed by atoms with Gasteiger partial charge in [0.2, 0.25) is 11.8 Å². The molecule has 0 unspecified atom stereocenters. The smallest absolute Gasteiger partial charge is 0.220 e. The number of aliphatic imine (C=N–C) groups is 2. The minimum absolute atomic E-state index is 0.557. The maximum atomic E-state index is 5.44. The summed E-state index contributed by atoms with van der Waals surface area (Å²) in [7, 11) is 3.23. The Morgan fingerprint density at radius 2 is 1.00 bits per heavy atom. The van der Waals surface area contributed by atoms with Crippen molar-refractivity contribution in [2.45, 2.75) is 0 Å². The van der Waals surface area contributed by atoms with Gasteiger partial charge < -0.3 is 9.47 Å². The predicted octanol–water partition coefficient (Wildman–Crippen LogP) is 5.14. The molecule has 0 aromatic heterocycles. The maximum Gasteiger partial charge on any atom is 0.220 e. The first-order valence-corrected chi connectivity index (χ1v) is 8.26. The first-order chi connectivity index (χ1) is 12.8. The van der Waals surface area contributed by atoms with E-state index in [1.165, 1.54) is 0 Å². The molecule has 3 rings (SSSR count). The highest BCUT2D eigenvalue weighted by atomic mass is 16.5. The zero-order chi connectivity index (χ0) is 18.2. The normalized spacial score (nSPS) is 11.9. The van der Waals surface area contributed by atoms with E-state index in [1.807, 2.05) is 84.9 Å². The van der Waals surface area contributed by atoms with Gasteiger partial charge in [-0.3, -0.25) is 0 Å². The summed E-state index contributed by atoms with van der Waals surface area (Å²) in [5.41, 5.74) is 3.36. The zero-order valence-electron chi connectivity index (χ0n) is 14.8. The van der Waals surface area contributed by atoms with Gasteiger partial charge in [0.25, 0.3) is 0 Å². The summed E-state index contributed by atoms with van der Waals surface area (Å²) in [4.78, 5) is 9.20. The molecule has 0 radical (unpaired) electrons. The van der Waals surface area contributed by atoms with Crippen molar-refractivity contribution in [3.05, 3.63) is 96.1 Å². The summed E-state index contributed by atoms with van der Waals surface area (Å²) in [6.45, 7) is 0. The average Bonchev–Trinajstić information content (AvgIpc) is 2.72. The van der Waals surface area contributed by atoms with Crippen molar-refractivity contribution in [3.63, 3.8) is 0 Å². The van der Waals surface area contributed by atoms with Crippen LogP contribution < -0.4 is 0 Å². The molecule has 0 heterocycles. The molecule has 3 aromatic carbocycles. The lowest BCUT2D eigenvalue weighted by Gasteiger charge is -2.07. The van der Waals surface area contributed by atoms with Crippen LogP contribution in [0.25, 0.3) is 0 Å². The highest BCUT2D eigenvalue weighted by Crippen LogP contribution is 2.23. The van der Waals surface area contributed by atoms with Gasteiger partial charge in [0.05, 0.1) is 25.6 Å². The second kappa shape index (κ2) is 8.62. The lowest BCUT2D eigenvalue weighted by atomic mass is 10.2. The van der Waals surface area contributed by atoms with Crippen LogP contribution in [-0.4, -0.2) is 26.0 Å². The van der Waals surface area contributed by atoms with E-state index < -0.39 is 0 Å². The van der Waals surface area contributed by atoms with E-state index >= 15 is 0 Å². The van der Waals surface area contributed by atoms with Gasteiger partial charge in [-0.25, -0.2) is 9.98 Å². The molecule has 130 valence electrons. The minimum atomic E-state index is 0.557. The highest BCUT2D eigenvalue weighted by Gasteiger charge is 2.05. The summed E-state index contributed by atoms with van der Waals surface area (Å²) >= 11 is 0. The van der Waals surface area contributed by atoms with Crippen LogP contribution in [0.1, 0.15) is 11.1 Å². The zero-order valence-corrected chi connectivity index (χ0v) is 14.8. The number of hydrogen-bond donors (Lipinski definition) is 0. The standard InChI is InChI=1S/C22H20N2O2/c1-25-21(17-10-5-3-6-11-17)23-19-14-9-15-20(16-19)24-22(26-2)18-12-7-4-8-13-18/h3-16H,1-2H3/b23-21-,24-22-. The van der Waals surface area contributed by atoms with Gasteiger partial charge in [0, 0.05) is 11.1 Å². The van der Waals surface area contributed by atoms with Gasteiger partial charge in [-0.2, -0.15) is 0 Å². The van der Waals surface area contributed by atoms with Crippen molar-refractivity contribution in [1.29, 1.82) is 0 Å². The Hall–Kier alpha value is -3.40. The Morgan fingerprint density at radius 1 is 0.577 bits per heavy atom. The van der Waals surface area contributed by atoms with Crippen molar-refractivity contribution in [2.75, 3.05) is 14.2 Å². The first kappa shape index (κ1) is 17.4. The third kappa shape index (κ3) is 4.36. The van der Waals surface area contributed by atoms with E-state index in [2.05, 4.69) is 9.98 Å². The fraction of sp³-hybridized carbons (Fsp3) is 0.0909. The summed E-state index contributed by atoms with van der Waals surface area (Å²) < 4.78 is 10.9. The second-order valence-electron chi connectivity index (χ2n) is 5.49.